The summed E-state index contributed by atoms with van der Waals surface area (Å²) in [6, 6.07) is 1.79. The van der Waals surface area contributed by atoms with Gasteiger partial charge in [-0.15, -0.1) is 0 Å². The largest absolute Gasteiger partial charge is 0.342 e. The fraction of sp³-hybridized carbons (Fsp3) is 0.667. The van der Waals surface area contributed by atoms with Gasteiger partial charge in [0.25, 0.3) is 5.91 Å². The Morgan fingerprint density at radius 2 is 2.15 bits per heavy atom. The Morgan fingerprint density at radius 3 is 2.75 bits per heavy atom. The van der Waals surface area contributed by atoms with Gasteiger partial charge in [-0.25, -0.2) is 0 Å². The third-order valence-electron chi connectivity index (χ3n) is 3.94. The number of amides is 1. The van der Waals surface area contributed by atoms with Gasteiger partial charge < -0.3 is 14.8 Å². The molecular weight excluding hydrogens is 274 g/mol. The number of rotatable bonds is 5. The summed E-state index contributed by atoms with van der Waals surface area (Å²) >= 11 is 6.05. The zero-order valence-corrected chi connectivity index (χ0v) is 13.1. The van der Waals surface area contributed by atoms with Crippen molar-refractivity contribution < 1.29 is 4.79 Å². The molecule has 0 atom stereocenters. The van der Waals surface area contributed by atoms with Gasteiger partial charge in [-0.05, 0) is 44.8 Å². The minimum absolute atomic E-state index is 0.119. The molecule has 4 nitrogen and oxygen atoms in total. The van der Waals surface area contributed by atoms with Crippen LogP contribution in [-0.4, -0.2) is 42.1 Å². The lowest BCUT2D eigenvalue weighted by Crippen LogP contribution is -2.41. The van der Waals surface area contributed by atoms with E-state index in [4.69, 9.17) is 11.6 Å². The maximum atomic E-state index is 12.6. The van der Waals surface area contributed by atoms with Gasteiger partial charge in [-0.3, -0.25) is 4.79 Å². The van der Waals surface area contributed by atoms with E-state index < -0.39 is 0 Å². The molecule has 1 aliphatic rings. The predicted molar refractivity (Wildman–Crippen MR) is 82.3 cm³/mol. The number of hydrogen-bond acceptors (Lipinski definition) is 2. The number of carbonyl (C=O) groups excluding carboxylic acids is 1. The number of nitrogens with one attached hydrogen (secondary N) is 1. The molecule has 1 amide bonds. The van der Waals surface area contributed by atoms with E-state index in [1.165, 1.54) is 0 Å². The molecule has 1 aromatic heterocycles. The quantitative estimate of drug-likeness (QED) is 0.907. The van der Waals surface area contributed by atoms with E-state index in [1.54, 1.807) is 6.07 Å². The first-order valence-electron chi connectivity index (χ1n) is 7.45. The molecule has 2 heterocycles. The Balaban J connectivity index is 2.01. The van der Waals surface area contributed by atoms with Gasteiger partial charge in [0.1, 0.15) is 5.69 Å². The highest BCUT2D eigenvalue weighted by molar-refractivity contribution is 6.31. The summed E-state index contributed by atoms with van der Waals surface area (Å²) in [5.41, 5.74) is 0.726. The molecule has 0 saturated carbocycles. The number of hydrogen-bond donors (Lipinski definition) is 1. The molecular formula is C15H24ClN3O. The van der Waals surface area contributed by atoms with Gasteiger partial charge in [0, 0.05) is 25.8 Å². The van der Waals surface area contributed by atoms with Crippen molar-refractivity contribution in [3.05, 3.63) is 23.0 Å². The van der Waals surface area contributed by atoms with Crippen molar-refractivity contribution in [3.63, 3.8) is 0 Å². The van der Waals surface area contributed by atoms with Crippen LogP contribution in [0.25, 0.3) is 0 Å². The first kappa shape index (κ1) is 15.4. The second kappa shape index (κ2) is 7.14. The van der Waals surface area contributed by atoms with Gasteiger partial charge >= 0.3 is 0 Å². The monoisotopic (exact) mass is 297 g/mol. The highest BCUT2D eigenvalue weighted by Crippen LogP contribution is 2.21. The molecule has 112 valence electrons. The zero-order valence-electron chi connectivity index (χ0n) is 12.4. The topological polar surface area (TPSA) is 37.3 Å². The number of nitrogens with zero attached hydrogens (tertiary/aromatic N) is 2. The first-order chi connectivity index (χ1) is 9.65. The molecule has 0 aromatic carbocycles. The van der Waals surface area contributed by atoms with Crippen molar-refractivity contribution in [2.75, 3.05) is 26.7 Å². The fourth-order valence-electron chi connectivity index (χ4n) is 2.87. The van der Waals surface area contributed by atoms with Crippen molar-refractivity contribution in [3.8, 4) is 0 Å². The molecule has 1 aromatic rings. The molecule has 1 fully saturated rings. The van der Waals surface area contributed by atoms with E-state index in [2.05, 4.69) is 12.2 Å². The van der Waals surface area contributed by atoms with Crippen LogP contribution in [0.15, 0.2) is 12.3 Å². The van der Waals surface area contributed by atoms with Gasteiger partial charge in [-0.2, -0.15) is 0 Å². The van der Waals surface area contributed by atoms with Gasteiger partial charge in [0.05, 0.1) is 5.02 Å². The molecule has 0 bridgehead atoms. The fourth-order valence-corrected chi connectivity index (χ4v) is 3.09. The van der Waals surface area contributed by atoms with Crippen LogP contribution in [0.1, 0.15) is 36.7 Å². The van der Waals surface area contributed by atoms with E-state index in [0.717, 1.165) is 51.1 Å². The minimum Gasteiger partial charge on any atom is -0.342 e. The summed E-state index contributed by atoms with van der Waals surface area (Å²) in [4.78, 5) is 14.6. The van der Waals surface area contributed by atoms with Crippen LogP contribution >= 0.6 is 11.6 Å². The maximum Gasteiger partial charge on any atom is 0.270 e. The second-order valence-electron chi connectivity index (χ2n) is 5.53. The summed E-state index contributed by atoms with van der Waals surface area (Å²) < 4.78 is 1.98. The number of carbonyl (C=O) groups is 1. The third kappa shape index (κ3) is 3.55. The second-order valence-corrected chi connectivity index (χ2v) is 5.97. The number of aromatic nitrogens is 1. The average Bonchev–Trinajstić information content (AvgIpc) is 2.81. The van der Waals surface area contributed by atoms with Crippen LogP contribution in [-0.2, 0) is 6.54 Å². The van der Waals surface area contributed by atoms with E-state index in [-0.39, 0.29) is 5.91 Å². The first-order valence-corrected chi connectivity index (χ1v) is 7.83. The normalized spacial score (nSPS) is 16.6. The van der Waals surface area contributed by atoms with Crippen molar-refractivity contribution in [2.45, 2.75) is 32.7 Å². The van der Waals surface area contributed by atoms with Crippen LogP contribution in [0.5, 0.6) is 0 Å². The number of likely N-dealkylation sites (tertiary alicyclic amines) is 1. The lowest BCUT2D eigenvalue weighted by Gasteiger charge is -2.32. The predicted octanol–water partition coefficient (Wildman–Crippen LogP) is 2.62. The highest BCUT2D eigenvalue weighted by atomic mass is 35.5. The standard InChI is InChI=1S/C15H24ClN3O/c1-3-6-19-11-13(16)9-14(19)15(20)18-7-4-12(5-8-18)10-17-2/h9,11-12,17H,3-8,10H2,1-2H3. The molecule has 1 aliphatic heterocycles. The summed E-state index contributed by atoms with van der Waals surface area (Å²) in [5, 5.41) is 3.86. The molecule has 5 heteroatoms. The van der Waals surface area contributed by atoms with Crippen molar-refractivity contribution in [1.82, 2.24) is 14.8 Å². The van der Waals surface area contributed by atoms with Gasteiger partial charge in [-0.1, -0.05) is 18.5 Å². The Hall–Kier alpha value is -1.00. The highest BCUT2D eigenvalue weighted by Gasteiger charge is 2.25. The third-order valence-corrected chi connectivity index (χ3v) is 4.15. The van der Waals surface area contributed by atoms with E-state index >= 15 is 0 Å². The molecule has 2 rings (SSSR count). The van der Waals surface area contributed by atoms with Crippen LogP contribution in [0.3, 0.4) is 0 Å². The van der Waals surface area contributed by atoms with Crippen LogP contribution in [0.2, 0.25) is 5.02 Å². The van der Waals surface area contributed by atoms with Gasteiger partial charge in [0.15, 0.2) is 0 Å². The molecule has 0 aliphatic carbocycles. The van der Waals surface area contributed by atoms with E-state index in [0.29, 0.717) is 10.9 Å². The summed E-state index contributed by atoms with van der Waals surface area (Å²) in [6.45, 7) is 5.68. The van der Waals surface area contributed by atoms with Crippen LogP contribution in [0.4, 0.5) is 0 Å². The Kier molecular flexibility index (Phi) is 5.49. The average molecular weight is 298 g/mol. The Morgan fingerprint density at radius 1 is 1.45 bits per heavy atom. The molecule has 0 spiro atoms. The molecule has 0 unspecified atom stereocenters. The molecule has 0 radical (unpaired) electrons. The summed E-state index contributed by atoms with van der Waals surface area (Å²) in [5.74, 6) is 0.809. The lowest BCUT2D eigenvalue weighted by atomic mass is 9.96. The van der Waals surface area contributed by atoms with Crippen LogP contribution < -0.4 is 5.32 Å². The number of piperidine rings is 1. The van der Waals surface area contributed by atoms with Gasteiger partial charge in [0.2, 0.25) is 0 Å². The van der Waals surface area contributed by atoms with E-state index in [1.807, 2.05) is 22.7 Å². The molecule has 1 saturated heterocycles. The zero-order chi connectivity index (χ0) is 14.5. The maximum absolute atomic E-state index is 12.6. The van der Waals surface area contributed by atoms with Crippen LogP contribution in [0, 0.1) is 5.92 Å². The SMILES string of the molecule is CCCn1cc(Cl)cc1C(=O)N1CCC(CNC)CC1. The molecule has 20 heavy (non-hydrogen) atoms. The Bertz CT molecular complexity index is 450. The Labute approximate surface area is 126 Å². The summed E-state index contributed by atoms with van der Waals surface area (Å²) in [6.07, 6.45) is 5.01. The van der Waals surface area contributed by atoms with Crippen molar-refractivity contribution in [2.24, 2.45) is 5.92 Å². The number of halogens is 1. The minimum atomic E-state index is 0.119. The smallest absolute Gasteiger partial charge is 0.270 e. The molecule has 1 N–H and O–H groups in total. The summed E-state index contributed by atoms with van der Waals surface area (Å²) in [7, 11) is 1.98. The van der Waals surface area contributed by atoms with E-state index in [9.17, 15) is 4.79 Å². The lowest BCUT2D eigenvalue weighted by molar-refractivity contribution is 0.0680. The van der Waals surface area contributed by atoms with Crippen molar-refractivity contribution in [1.29, 1.82) is 0 Å². The van der Waals surface area contributed by atoms with Crippen molar-refractivity contribution >= 4 is 17.5 Å². The number of aryl methyl sites for hydroxylation is 1.